The van der Waals surface area contributed by atoms with Crippen LogP contribution < -0.4 is 4.90 Å². The minimum absolute atomic E-state index is 0.510. The molecule has 0 aliphatic heterocycles. The van der Waals surface area contributed by atoms with Crippen molar-refractivity contribution in [1.82, 2.24) is 4.98 Å². The summed E-state index contributed by atoms with van der Waals surface area (Å²) in [6.45, 7) is 4.34. The Morgan fingerprint density at radius 2 is 2.24 bits per heavy atom. The average molecular weight is 273 g/mol. The highest BCUT2D eigenvalue weighted by molar-refractivity contribution is 7.98. The number of aromatic nitrogens is 1. The number of anilines is 1. The molecule has 0 saturated heterocycles. The highest BCUT2D eigenvalue weighted by Gasteiger charge is 2.13. The molecule has 0 aliphatic rings. The van der Waals surface area contributed by atoms with Gasteiger partial charge in [-0.2, -0.15) is 11.8 Å². The Balaban J connectivity index is 2.77. The number of rotatable bonds is 6. The standard InChI is InChI=1S/C13H21ClN2S/c1-10-7-12(8-14)9-15-13(10)16(3)11(2)5-6-17-4/h7,9,11H,5-6,8H2,1-4H3. The molecule has 1 atom stereocenters. The maximum absolute atomic E-state index is 5.81. The van der Waals surface area contributed by atoms with Crippen LogP contribution in [-0.2, 0) is 5.88 Å². The Bertz CT molecular complexity index is 357. The average Bonchev–Trinajstić information content (AvgIpc) is 2.34. The monoisotopic (exact) mass is 272 g/mol. The molecule has 0 bridgehead atoms. The lowest BCUT2D eigenvalue weighted by Crippen LogP contribution is -2.30. The number of halogens is 1. The summed E-state index contributed by atoms with van der Waals surface area (Å²) in [6, 6.07) is 2.63. The molecule has 0 aromatic carbocycles. The number of hydrogen-bond donors (Lipinski definition) is 0. The molecule has 1 aromatic heterocycles. The lowest BCUT2D eigenvalue weighted by molar-refractivity contribution is 0.660. The predicted molar refractivity (Wildman–Crippen MR) is 79.4 cm³/mol. The molecule has 1 aromatic rings. The van der Waals surface area contributed by atoms with Crippen molar-refractivity contribution in [3.8, 4) is 0 Å². The maximum Gasteiger partial charge on any atom is 0.131 e. The summed E-state index contributed by atoms with van der Waals surface area (Å²) in [5.41, 5.74) is 2.28. The third kappa shape index (κ3) is 4.07. The van der Waals surface area contributed by atoms with Crippen molar-refractivity contribution in [2.75, 3.05) is 24.0 Å². The molecule has 0 spiro atoms. The summed E-state index contributed by atoms with van der Waals surface area (Å²) in [5.74, 6) is 2.77. The maximum atomic E-state index is 5.81. The fraction of sp³-hybridized carbons (Fsp3) is 0.615. The SMILES string of the molecule is CSCCC(C)N(C)c1ncc(CCl)cc1C. The van der Waals surface area contributed by atoms with Crippen LogP contribution in [0.15, 0.2) is 12.3 Å². The molecule has 1 heterocycles. The second kappa shape index (κ2) is 7.12. The normalized spacial score (nSPS) is 12.5. The van der Waals surface area contributed by atoms with Crippen molar-refractivity contribution >= 4 is 29.2 Å². The van der Waals surface area contributed by atoms with Gasteiger partial charge in [0.2, 0.25) is 0 Å². The lowest BCUT2D eigenvalue weighted by atomic mass is 10.1. The summed E-state index contributed by atoms with van der Waals surface area (Å²) in [7, 11) is 2.11. The summed E-state index contributed by atoms with van der Waals surface area (Å²) >= 11 is 7.69. The molecule has 0 amide bonds. The van der Waals surface area contributed by atoms with Crippen LogP contribution in [0.3, 0.4) is 0 Å². The van der Waals surface area contributed by atoms with Crippen LogP contribution in [-0.4, -0.2) is 30.1 Å². The quantitative estimate of drug-likeness (QED) is 0.735. The number of alkyl halides is 1. The van der Waals surface area contributed by atoms with E-state index in [4.69, 9.17) is 11.6 Å². The van der Waals surface area contributed by atoms with Gasteiger partial charge in [-0.15, -0.1) is 11.6 Å². The van der Waals surface area contributed by atoms with E-state index in [-0.39, 0.29) is 0 Å². The van der Waals surface area contributed by atoms with E-state index in [0.29, 0.717) is 11.9 Å². The Morgan fingerprint density at radius 3 is 2.76 bits per heavy atom. The summed E-state index contributed by atoms with van der Waals surface area (Å²) < 4.78 is 0. The van der Waals surface area contributed by atoms with E-state index in [1.165, 1.54) is 17.7 Å². The highest BCUT2D eigenvalue weighted by Crippen LogP contribution is 2.20. The minimum atomic E-state index is 0.510. The van der Waals surface area contributed by atoms with Crippen molar-refractivity contribution < 1.29 is 0 Å². The molecule has 0 aliphatic carbocycles. The van der Waals surface area contributed by atoms with Gasteiger partial charge >= 0.3 is 0 Å². The van der Waals surface area contributed by atoms with Crippen LogP contribution in [0.25, 0.3) is 0 Å². The summed E-state index contributed by atoms with van der Waals surface area (Å²) in [5, 5.41) is 0. The summed E-state index contributed by atoms with van der Waals surface area (Å²) in [4.78, 5) is 6.77. The third-order valence-corrected chi connectivity index (χ3v) is 3.95. The Hall–Kier alpha value is -0.410. The fourth-order valence-electron chi connectivity index (χ4n) is 1.76. The van der Waals surface area contributed by atoms with E-state index in [2.05, 4.69) is 43.1 Å². The van der Waals surface area contributed by atoms with Gasteiger partial charge in [-0.25, -0.2) is 4.98 Å². The number of thioether (sulfide) groups is 1. The Morgan fingerprint density at radius 1 is 1.53 bits per heavy atom. The van der Waals surface area contributed by atoms with Gasteiger partial charge in [-0.05, 0) is 49.5 Å². The van der Waals surface area contributed by atoms with Crippen molar-refractivity contribution in [2.24, 2.45) is 0 Å². The van der Waals surface area contributed by atoms with E-state index in [9.17, 15) is 0 Å². The van der Waals surface area contributed by atoms with Crippen LogP contribution in [0.4, 0.5) is 5.82 Å². The van der Waals surface area contributed by atoms with Crippen LogP contribution in [0.2, 0.25) is 0 Å². The van der Waals surface area contributed by atoms with E-state index < -0.39 is 0 Å². The largest absolute Gasteiger partial charge is 0.357 e. The molecule has 1 unspecified atom stereocenters. The van der Waals surface area contributed by atoms with Gasteiger partial charge in [0, 0.05) is 25.2 Å². The van der Waals surface area contributed by atoms with Gasteiger partial charge in [0.05, 0.1) is 0 Å². The molecule has 0 saturated carbocycles. The molecule has 2 nitrogen and oxygen atoms in total. The zero-order chi connectivity index (χ0) is 12.8. The number of pyridine rings is 1. The Labute approximate surface area is 114 Å². The van der Waals surface area contributed by atoms with Gasteiger partial charge in [-0.1, -0.05) is 0 Å². The number of nitrogens with zero attached hydrogens (tertiary/aromatic N) is 2. The second-order valence-corrected chi connectivity index (χ2v) is 5.61. The van der Waals surface area contributed by atoms with Gasteiger partial charge in [0.15, 0.2) is 0 Å². The highest BCUT2D eigenvalue weighted by atomic mass is 35.5. The number of aryl methyl sites for hydroxylation is 1. The van der Waals surface area contributed by atoms with Crippen molar-refractivity contribution in [3.63, 3.8) is 0 Å². The van der Waals surface area contributed by atoms with E-state index >= 15 is 0 Å². The zero-order valence-corrected chi connectivity index (χ0v) is 12.6. The van der Waals surface area contributed by atoms with E-state index in [1.54, 1.807) is 0 Å². The molecule has 96 valence electrons. The molecule has 0 radical (unpaired) electrons. The summed E-state index contributed by atoms with van der Waals surface area (Å²) in [6.07, 6.45) is 5.19. The molecule has 4 heteroatoms. The molecular formula is C13H21ClN2S. The first kappa shape index (κ1) is 14.7. The number of hydrogen-bond acceptors (Lipinski definition) is 3. The molecule has 1 rings (SSSR count). The van der Waals surface area contributed by atoms with Crippen LogP contribution in [0.5, 0.6) is 0 Å². The topological polar surface area (TPSA) is 16.1 Å². The van der Waals surface area contributed by atoms with Crippen LogP contribution in [0.1, 0.15) is 24.5 Å². The molecule has 0 N–H and O–H groups in total. The zero-order valence-electron chi connectivity index (χ0n) is 11.0. The first-order valence-electron chi connectivity index (χ1n) is 5.83. The molecule has 17 heavy (non-hydrogen) atoms. The molecule has 0 fully saturated rings. The fourth-order valence-corrected chi connectivity index (χ4v) is 2.48. The van der Waals surface area contributed by atoms with Crippen LogP contribution in [0, 0.1) is 6.92 Å². The minimum Gasteiger partial charge on any atom is -0.357 e. The van der Waals surface area contributed by atoms with Gasteiger partial charge in [0.1, 0.15) is 5.82 Å². The smallest absolute Gasteiger partial charge is 0.131 e. The van der Waals surface area contributed by atoms with E-state index in [0.717, 1.165) is 11.4 Å². The first-order chi connectivity index (χ1) is 8.10. The van der Waals surface area contributed by atoms with Crippen molar-refractivity contribution in [2.45, 2.75) is 32.2 Å². The first-order valence-corrected chi connectivity index (χ1v) is 7.76. The van der Waals surface area contributed by atoms with Gasteiger partial charge in [-0.3, -0.25) is 0 Å². The lowest BCUT2D eigenvalue weighted by Gasteiger charge is -2.27. The van der Waals surface area contributed by atoms with Crippen molar-refractivity contribution in [1.29, 1.82) is 0 Å². The predicted octanol–water partition coefficient (Wildman–Crippen LogP) is 3.71. The molecular weight excluding hydrogens is 252 g/mol. The Kier molecular flexibility index (Phi) is 6.14. The van der Waals surface area contributed by atoms with Crippen molar-refractivity contribution in [3.05, 3.63) is 23.4 Å². The van der Waals surface area contributed by atoms with Crippen LogP contribution >= 0.6 is 23.4 Å². The third-order valence-electron chi connectivity index (χ3n) is 3.00. The van der Waals surface area contributed by atoms with Gasteiger partial charge in [0.25, 0.3) is 0 Å². The van der Waals surface area contributed by atoms with E-state index in [1.807, 2.05) is 18.0 Å². The van der Waals surface area contributed by atoms with Gasteiger partial charge < -0.3 is 4.90 Å². The second-order valence-electron chi connectivity index (χ2n) is 4.36.